The van der Waals surface area contributed by atoms with Crippen LogP contribution in [0.2, 0.25) is 5.02 Å². The van der Waals surface area contributed by atoms with Crippen LogP contribution in [-0.4, -0.2) is 25.8 Å². The molecule has 0 heterocycles. The van der Waals surface area contributed by atoms with Gasteiger partial charge in [-0.25, -0.2) is 0 Å². The van der Waals surface area contributed by atoms with Crippen LogP contribution in [0.3, 0.4) is 0 Å². The molecule has 0 aromatic heterocycles. The van der Waals surface area contributed by atoms with E-state index in [4.69, 9.17) is 21.2 Å². The second-order valence-corrected chi connectivity index (χ2v) is 5.72. The lowest BCUT2D eigenvalue weighted by Gasteiger charge is -2.16. The Labute approximate surface area is 158 Å². The van der Waals surface area contributed by atoms with Crippen LogP contribution < -0.4 is 10.1 Å². The fraction of sp³-hybridized carbons (Fsp3) is 0.222. The molecular weight excluding hydrogens is 385 g/mol. The molecule has 0 radical (unpaired) electrons. The van der Waals surface area contributed by atoms with Crippen LogP contribution in [0.4, 0.5) is 13.2 Å². The van der Waals surface area contributed by atoms with E-state index in [9.17, 15) is 18.0 Å². The number of nitrogens with one attached hydrogen (secondary N) is 1. The molecule has 1 N–H and O–H groups in total. The molecule has 0 atom stereocenters. The van der Waals surface area contributed by atoms with Crippen molar-refractivity contribution in [2.24, 2.45) is 5.16 Å². The molecule has 0 fully saturated rings. The molecule has 2 aromatic rings. The number of ether oxygens (including phenoxy) is 1. The van der Waals surface area contributed by atoms with Gasteiger partial charge >= 0.3 is 6.18 Å². The maximum atomic E-state index is 13.2. The molecule has 2 aromatic carbocycles. The summed E-state index contributed by atoms with van der Waals surface area (Å²) >= 11 is 5.80. The Morgan fingerprint density at radius 2 is 1.93 bits per heavy atom. The summed E-state index contributed by atoms with van der Waals surface area (Å²) in [4.78, 5) is 16.7. The zero-order valence-electron chi connectivity index (χ0n) is 14.4. The molecule has 1 amide bonds. The van der Waals surface area contributed by atoms with Gasteiger partial charge < -0.3 is 14.9 Å². The highest BCUT2D eigenvalue weighted by Gasteiger charge is 2.34. The molecule has 0 bridgehead atoms. The summed E-state index contributed by atoms with van der Waals surface area (Å²) in [6, 6.07) is 9.62. The average Bonchev–Trinajstić information content (AvgIpc) is 2.63. The van der Waals surface area contributed by atoms with Crippen molar-refractivity contribution in [2.75, 3.05) is 14.2 Å². The van der Waals surface area contributed by atoms with E-state index in [-0.39, 0.29) is 17.3 Å². The molecule has 0 aliphatic carbocycles. The first-order chi connectivity index (χ1) is 12.8. The molecule has 0 saturated carbocycles. The highest BCUT2D eigenvalue weighted by Crippen LogP contribution is 2.38. The lowest BCUT2D eigenvalue weighted by molar-refractivity contribution is -0.139. The molecule has 0 spiro atoms. The predicted molar refractivity (Wildman–Crippen MR) is 94.8 cm³/mol. The zero-order valence-corrected chi connectivity index (χ0v) is 15.2. The Bertz CT molecular complexity index is 854. The van der Waals surface area contributed by atoms with Gasteiger partial charge in [0.05, 0.1) is 5.56 Å². The van der Waals surface area contributed by atoms with E-state index in [0.29, 0.717) is 11.1 Å². The van der Waals surface area contributed by atoms with Gasteiger partial charge in [0.15, 0.2) is 5.71 Å². The lowest BCUT2D eigenvalue weighted by Crippen LogP contribution is -2.29. The molecule has 27 heavy (non-hydrogen) atoms. The first-order valence-corrected chi connectivity index (χ1v) is 8.06. The van der Waals surface area contributed by atoms with Crippen LogP contribution in [-0.2, 0) is 22.4 Å². The second kappa shape index (κ2) is 8.77. The third kappa shape index (κ3) is 5.13. The van der Waals surface area contributed by atoms with E-state index in [1.54, 1.807) is 24.3 Å². The SMILES string of the molecule is CNC(=O)/C(=N\OC)c1ccccc1COc1cc(Cl)ccc1C(F)(F)F. The number of oxime groups is 1. The minimum Gasteiger partial charge on any atom is -0.488 e. The summed E-state index contributed by atoms with van der Waals surface area (Å²) in [5.74, 6) is -0.919. The van der Waals surface area contributed by atoms with E-state index in [0.717, 1.165) is 18.2 Å². The van der Waals surface area contributed by atoms with E-state index in [1.807, 2.05) is 0 Å². The van der Waals surface area contributed by atoms with Crippen molar-refractivity contribution in [3.63, 3.8) is 0 Å². The van der Waals surface area contributed by atoms with Crippen LogP contribution in [0.1, 0.15) is 16.7 Å². The van der Waals surface area contributed by atoms with Crippen molar-refractivity contribution >= 4 is 23.2 Å². The van der Waals surface area contributed by atoms with Crippen molar-refractivity contribution in [3.8, 4) is 5.75 Å². The summed E-state index contributed by atoms with van der Waals surface area (Å²) < 4.78 is 44.8. The van der Waals surface area contributed by atoms with Gasteiger partial charge in [0.25, 0.3) is 5.91 Å². The standard InChI is InChI=1S/C18H16ClF3N2O3/c1-23-17(25)16(24-26-2)13-6-4-3-5-11(13)10-27-15-9-12(19)7-8-14(15)18(20,21)22/h3-9H,10H2,1-2H3,(H,23,25)/b24-16-. The van der Waals surface area contributed by atoms with Crippen molar-refractivity contribution in [2.45, 2.75) is 12.8 Å². The Hall–Kier alpha value is -2.74. The van der Waals surface area contributed by atoms with Crippen LogP contribution >= 0.6 is 11.6 Å². The molecule has 2 rings (SSSR count). The Morgan fingerprint density at radius 3 is 2.56 bits per heavy atom. The van der Waals surface area contributed by atoms with Crippen LogP contribution in [0.25, 0.3) is 0 Å². The number of benzene rings is 2. The molecule has 0 saturated heterocycles. The maximum absolute atomic E-state index is 13.2. The Morgan fingerprint density at radius 1 is 1.22 bits per heavy atom. The summed E-state index contributed by atoms with van der Waals surface area (Å²) in [7, 11) is 2.71. The number of rotatable bonds is 6. The lowest BCUT2D eigenvalue weighted by atomic mass is 10.0. The Kier molecular flexibility index (Phi) is 6.68. The van der Waals surface area contributed by atoms with Gasteiger partial charge in [-0.3, -0.25) is 4.79 Å². The summed E-state index contributed by atoms with van der Waals surface area (Å²) in [5.41, 5.74) is -0.151. The third-order valence-electron chi connectivity index (χ3n) is 3.53. The largest absolute Gasteiger partial charge is 0.488 e. The van der Waals surface area contributed by atoms with Gasteiger partial charge in [-0.2, -0.15) is 13.2 Å². The fourth-order valence-corrected chi connectivity index (χ4v) is 2.47. The minimum atomic E-state index is -4.59. The van der Waals surface area contributed by atoms with Crippen molar-refractivity contribution < 1.29 is 27.5 Å². The van der Waals surface area contributed by atoms with Crippen molar-refractivity contribution in [3.05, 3.63) is 64.2 Å². The van der Waals surface area contributed by atoms with Gasteiger partial charge in [-0.15, -0.1) is 0 Å². The second-order valence-electron chi connectivity index (χ2n) is 5.29. The summed E-state index contributed by atoms with van der Waals surface area (Å²) in [6.07, 6.45) is -4.59. The Balaban J connectivity index is 2.37. The smallest absolute Gasteiger partial charge is 0.419 e. The number of hydrogen-bond donors (Lipinski definition) is 1. The molecule has 144 valence electrons. The highest BCUT2D eigenvalue weighted by molar-refractivity contribution is 6.45. The number of nitrogens with zero attached hydrogens (tertiary/aromatic N) is 1. The van der Waals surface area contributed by atoms with E-state index in [2.05, 4.69) is 10.5 Å². The van der Waals surface area contributed by atoms with Crippen molar-refractivity contribution in [1.29, 1.82) is 0 Å². The fourth-order valence-electron chi connectivity index (χ4n) is 2.31. The first-order valence-electron chi connectivity index (χ1n) is 7.69. The van der Waals surface area contributed by atoms with Crippen LogP contribution in [0.5, 0.6) is 5.75 Å². The molecule has 5 nitrogen and oxygen atoms in total. The van der Waals surface area contributed by atoms with E-state index < -0.39 is 23.4 Å². The first kappa shape index (κ1) is 20.6. The summed E-state index contributed by atoms with van der Waals surface area (Å²) in [5, 5.41) is 6.24. The topological polar surface area (TPSA) is 59.9 Å². The van der Waals surface area contributed by atoms with Gasteiger partial charge in [-0.1, -0.05) is 41.0 Å². The number of likely N-dealkylation sites (N-methyl/N-ethyl adjacent to an activating group) is 1. The van der Waals surface area contributed by atoms with Crippen LogP contribution in [0, 0.1) is 0 Å². The number of carbonyl (C=O) groups excluding carboxylic acids is 1. The highest BCUT2D eigenvalue weighted by atomic mass is 35.5. The van der Waals surface area contributed by atoms with Gasteiger partial charge in [-0.05, 0) is 23.8 Å². The molecule has 9 heteroatoms. The average molecular weight is 401 g/mol. The molecular formula is C18H16ClF3N2O3. The maximum Gasteiger partial charge on any atom is 0.419 e. The minimum absolute atomic E-state index is 0.0265. The number of amides is 1. The zero-order chi connectivity index (χ0) is 20.0. The molecule has 0 unspecified atom stereocenters. The monoisotopic (exact) mass is 400 g/mol. The third-order valence-corrected chi connectivity index (χ3v) is 3.76. The van der Waals surface area contributed by atoms with Gasteiger partial charge in [0.2, 0.25) is 0 Å². The number of alkyl halides is 3. The summed E-state index contributed by atoms with van der Waals surface area (Å²) in [6.45, 7) is -0.237. The van der Waals surface area contributed by atoms with Crippen molar-refractivity contribution in [1.82, 2.24) is 5.32 Å². The predicted octanol–water partition coefficient (Wildman–Crippen LogP) is 4.03. The van der Waals surface area contributed by atoms with Gasteiger partial charge in [0.1, 0.15) is 19.5 Å². The van der Waals surface area contributed by atoms with Crippen LogP contribution in [0.15, 0.2) is 47.6 Å². The molecule has 0 aliphatic rings. The number of halogens is 4. The van der Waals surface area contributed by atoms with E-state index in [1.165, 1.54) is 14.2 Å². The number of hydrogen-bond acceptors (Lipinski definition) is 4. The normalized spacial score (nSPS) is 11.9. The van der Waals surface area contributed by atoms with Gasteiger partial charge in [0, 0.05) is 17.6 Å². The molecule has 0 aliphatic heterocycles. The quantitative estimate of drug-likeness (QED) is 0.588. The van der Waals surface area contributed by atoms with E-state index >= 15 is 0 Å². The number of carbonyl (C=O) groups is 1.